The Balaban J connectivity index is 1.95. The Kier molecular flexibility index (Phi) is 15.3. The molecule has 2 N–H and O–H groups in total. The van der Waals surface area contributed by atoms with Crippen molar-refractivity contribution >= 4 is 11.9 Å². The highest BCUT2D eigenvalue weighted by Crippen LogP contribution is 2.13. The molecular weight excluding hydrogens is 374 g/mol. The maximum atomic E-state index is 12.1. The maximum Gasteiger partial charge on any atom is 0.336 e. The van der Waals surface area contributed by atoms with Gasteiger partial charge in [-0.05, 0) is 25.0 Å². The molecule has 0 atom stereocenters. The average molecular weight is 416 g/mol. The van der Waals surface area contributed by atoms with Gasteiger partial charge in [0, 0.05) is 6.20 Å². The van der Waals surface area contributed by atoms with E-state index in [-0.39, 0.29) is 17.0 Å². The summed E-state index contributed by atoms with van der Waals surface area (Å²) in [6.45, 7) is 2.27. The van der Waals surface area contributed by atoms with E-state index in [1.807, 2.05) is 6.08 Å². The lowest BCUT2D eigenvalue weighted by atomic mass is 10.0. The topological polar surface area (TPSA) is 66.4 Å². The molecule has 168 valence electrons. The molecule has 0 aliphatic heterocycles. The standard InChI is InChI=1S/C26H41NO3/c1-2-3-4-5-6-7-8-9-10-11-12-13-14-15-16-19-22-27-25(28)23-20-17-18-21-24(23)26(29)30/h17-22H,2-16H2,1H3,(H,27,28)(H,29,30). The second-order valence-corrected chi connectivity index (χ2v) is 8.11. The summed E-state index contributed by atoms with van der Waals surface area (Å²) in [7, 11) is 0. The first-order valence-corrected chi connectivity index (χ1v) is 11.9. The predicted octanol–water partition coefficient (Wildman–Crippen LogP) is 7.50. The molecule has 0 spiro atoms. The lowest BCUT2D eigenvalue weighted by Crippen LogP contribution is -2.20. The van der Waals surface area contributed by atoms with E-state index in [4.69, 9.17) is 5.11 Å². The summed E-state index contributed by atoms with van der Waals surface area (Å²) in [5.74, 6) is -1.47. The molecule has 0 saturated heterocycles. The van der Waals surface area contributed by atoms with Crippen molar-refractivity contribution in [3.63, 3.8) is 0 Å². The van der Waals surface area contributed by atoms with E-state index in [9.17, 15) is 9.59 Å². The van der Waals surface area contributed by atoms with Crippen LogP contribution >= 0.6 is 0 Å². The highest BCUT2D eigenvalue weighted by molar-refractivity contribution is 6.05. The quantitative estimate of drug-likeness (QED) is 0.244. The number of carbonyl (C=O) groups is 2. The number of hydrogen-bond donors (Lipinski definition) is 2. The molecule has 1 rings (SSSR count). The number of carbonyl (C=O) groups excluding carboxylic acids is 1. The molecule has 0 unspecified atom stereocenters. The van der Waals surface area contributed by atoms with Gasteiger partial charge in [-0.3, -0.25) is 4.79 Å². The van der Waals surface area contributed by atoms with Crippen molar-refractivity contribution in [2.75, 3.05) is 0 Å². The van der Waals surface area contributed by atoms with Gasteiger partial charge in [0.1, 0.15) is 0 Å². The second-order valence-electron chi connectivity index (χ2n) is 8.11. The third-order valence-corrected chi connectivity index (χ3v) is 5.46. The summed E-state index contributed by atoms with van der Waals surface area (Å²) >= 11 is 0. The Bertz CT molecular complexity index is 624. The summed E-state index contributed by atoms with van der Waals surface area (Å²) in [4.78, 5) is 23.3. The molecule has 0 aromatic heterocycles. The normalized spacial score (nSPS) is 11.1. The average Bonchev–Trinajstić information content (AvgIpc) is 2.75. The fraction of sp³-hybridized carbons (Fsp3) is 0.615. The Morgan fingerprint density at radius 2 is 1.23 bits per heavy atom. The summed E-state index contributed by atoms with van der Waals surface area (Å²) in [6, 6.07) is 6.25. The molecule has 4 nitrogen and oxygen atoms in total. The highest BCUT2D eigenvalue weighted by Gasteiger charge is 2.14. The first-order chi connectivity index (χ1) is 14.7. The molecular formula is C26H41NO3. The van der Waals surface area contributed by atoms with Gasteiger partial charge in [0.05, 0.1) is 11.1 Å². The third kappa shape index (κ3) is 12.5. The molecule has 0 saturated carbocycles. The number of amides is 1. The molecule has 4 heteroatoms. The number of benzene rings is 1. The van der Waals surface area contributed by atoms with Crippen molar-refractivity contribution in [2.45, 2.75) is 103 Å². The number of nitrogens with one attached hydrogen (secondary N) is 1. The van der Waals surface area contributed by atoms with E-state index in [1.165, 1.54) is 95.6 Å². The number of hydrogen-bond acceptors (Lipinski definition) is 2. The Morgan fingerprint density at radius 1 is 0.767 bits per heavy atom. The van der Waals surface area contributed by atoms with Crippen LogP contribution in [0.2, 0.25) is 0 Å². The Labute approximate surface area is 183 Å². The van der Waals surface area contributed by atoms with E-state index in [2.05, 4.69) is 12.2 Å². The smallest absolute Gasteiger partial charge is 0.336 e. The van der Waals surface area contributed by atoms with E-state index in [0.29, 0.717) is 0 Å². The zero-order chi connectivity index (χ0) is 21.9. The van der Waals surface area contributed by atoms with Gasteiger partial charge in [-0.25, -0.2) is 4.79 Å². The van der Waals surface area contributed by atoms with Crippen molar-refractivity contribution < 1.29 is 14.7 Å². The van der Waals surface area contributed by atoms with Crippen molar-refractivity contribution in [1.82, 2.24) is 5.32 Å². The lowest BCUT2D eigenvalue weighted by molar-refractivity contribution is 0.0691. The largest absolute Gasteiger partial charge is 0.478 e. The van der Waals surface area contributed by atoms with Crippen LogP contribution in [0.15, 0.2) is 36.5 Å². The number of allylic oxidation sites excluding steroid dienone is 1. The molecule has 0 aliphatic rings. The fourth-order valence-corrected chi connectivity index (χ4v) is 3.62. The predicted molar refractivity (Wildman–Crippen MR) is 125 cm³/mol. The third-order valence-electron chi connectivity index (χ3n) is 5.46. The van der Waals surface area contributed by atoms with Crippen molar-refractivity contribution in [2.24, 2.45) is 0 Å². The fourth-order valence-electron chi connectivity index (χ4n) is 3.62. The van der Waals surface area contributed by atoms with E-state index in [1.54, 1.807) is 18.3 Å². The molecule has 0 fully saturated rings. The number of rotatable bonds is 18. The van der Waals surface area contributed by atoms with E-state index in [0.717, 1.165) is 12.8 Å². The van der Waals surface area contributed by atoms with Gasteiger partial charge in [0.2, 0.25) is 0 Å². The van der Waals surface area contributed by atoms with Gasteiger partial charge in [0.15, 0.2) is 0 Å². The molecule has 0 aliphatic carbocycles. The van der Waals surface area contributed by atoms with Crippen LogP contribution in [0.4, 0.5) is 0 Å². The zero-order valence-electron chi connectivity index (χ0n) is 18.8. The minimum absolute atomic E-state index is 0.0235. The summed E-state index contributed by atoms with van der Waals surface area (Å²) in [6.07, 6.45) is 23.3. The van der Waals surface area contributed by atoms with Crippen LogP contribution in [-0.2, 0) is 0 Å². The van der Waals surface area contributed by atoms with Crippen LogP contribution in [0.1, 0.15) is 124 Å². The number of aromatic carboxylic acids is 1. The molecule has 0 heterocycles. The van der Waals surface area contributed by atoms with Crippen molar-refractivity contribution in [3.8, 4) is 0 Å². The van der Waals surface area contributed by atoms with Gasteiger partial charge >= 0.3 is 5.97 Å². The van der Waals surface area contributed by atoms with Gasteiger partial charge < -0.3 is 10.4 Å². The van der Waals surface area contributed by atoms with Crippen molar-refractivity contribution in [3.05, 3.63) is 47.7 Å². The minimum atomic E-state index is -1.09. The van der Waals surface area contributed by atoms with Crippen LogP contribution < -0.4 is 5.32 Å². The van der Waals surface area contributed by atoms with E-state index >= 15 is 0 Å². The Hall–Kier alpha value is -2.10. The number of unbranched alkanes of at least 4 members (excludes halogenated alkanes) is 14. The minimum Gasteiger partial charge on any atom is -0.478 e. The van der Waals surface area contributed by atoms with Crippen LogP contribution in [0, 0.1) is 0 Å². The molecule has 1 amide bonds. The first kappa shape index (κ1) is 25.9. The SMILES string of the molecule is CCCCCCCCCCCCCCCCC=CNC(=O)c1ccccc1C(=O)O. The molecule has 1 aromatic carbocycles. The van der Waals surface area contributed by atoms with Crippen molar-refractivity contribution in [1.29, 1.82) is 0 Å². The highest BCUT2D eigenvalue weighted by atomic mass is 16.4. The molecule has 0 radical (unpaired) electrons. The molecule has 30 heavy (non-hydrogen) atoms. The van der Waals surface area contributed by atoms with Crippen LogP contribution in [0.3, 0.4) is 0 Å². The van der Waals surface area contributed by atoms with Gasteiger partial charge in [-0.1, -0.05) is 109 Å². The van der Waals surface area contributed by atoms with Gasteiger partial charge in [-0.15, -0.1) is 0 Å². The second kappa shape index (κ2) is 17.7. The van der Waals surface area contributed by atoms with Gasteiger partial charge in [0.25, 0.3) is 5.91 Å². The number of carboxylic acids is 1. The zero-order valence-corrected chi connectivity index (χ0v) is 18.8. The number of carboxylic acid groups (broad SMARTS) is 1. The molecule has 0 bridgehead atoms. The summed E-state index contributed by atoms with van der Waals surface area (Å²) < 4.78 is 0. The van der Waals surface area contributed by atoms with Crippen LogP contribution in [-0.4, -0.2) is 17.0 Å². The van der Waals surface area contributed by atoms with Crippen LogP contribution in [0.5, 0.6) is 0 Å². The monoisotopic (exact) mass is 415 g/mol. The lowest BCUT2D eigenvalue weighted by Gasteiger charge is -2.04. The Morgan fingerprint density at radius 3 is 1.73 bits per heavy atom. The summed E-state index contributed by atoms with van der Waals surface area (Å²) in [5, 5.41) is 11.8. The van der Waals surface area contributed by atoms with E-state index < -0.39 is 5.97 Å². The van der Waals surface area contributed by atoms with Crippen LogP contribution in [0.25, 0.3) is 0 Å². The maximum absolute atomic E-state index is 12.1. The summed E-state index contributed by atoms with van der Waals surface area (Å²) in [5.41, 5.74) is 0.210. The molecule has 1 aromatic rings. The first-order valence-electron chi connectivity index (χ1n) is 11.9. The van der Waals surface area contributed by atoms with Gasteiger partial charge in [-0.2, -0.15) is 0 Å².